The first-order chi connectivity index (χ1) is 13.9. The maximum Gasteiger partial charge on any atom is 0.328 e. The van der Waals surface area contributed by atoms with Gasteiger partial charge in [-0.15, -0.1) is 0 Å². The third-order valence-corrected chi connectivity index (χ3v) is 7.02. The van der Waals surface area contributed by atoms with E-state index in [0.717, 1.165) is 9.87 Å². The minimum Gasteiger partial charge on any atom is -0.459 e. The van der Waals surface area contributed by atoms with Gasteiger partial charge in [0, 0.05) is 6.54 Å². The van der Waals surface area contributed by atoms with Crippen molar-refractivity contribution in [3.8, 4) is 0 Å². The molecule has 0 bridgehead atoms. The van der Waals surface area contributed by atoms with Gasteiger partial charge in [-0.1, -0.05) is 30.3 Å². The van der Waals surface area contributed by atoms with Crippen LogP contribution in [-0.4, -0.2) is 60.4 Å². The molecule has 0 unspecified atom stereocenters. The minimum absolute atomic E-state index is 0.0547. The molecule has 0 radical (unpaired) electrons. The lowest BCUT2D eigenvalue weighted by Gasteiger charge is -2.43. The van der Waals surface area contributed by atoms with E-state index >= 15 is 0 Å². The van der Waals surface area contributed by atoms with E-state index in [2.05, 4.69) is 5.32 Å². The first-order valence-corrected chi connectivity index (χ1v) is 10.6. The number of nitrogens with one attached hydrogen (secondary N) is 2. The van der Waals surface area contributed by atoms with Crippen LogP contribution in [0, 0.1) is 0 Å². The van der Waals surface area contributed by atoms with Gasteiger partial charge in [0.05, 0.1) is 11.3 Å². The Kier molecular flexibility index (Phi) is 6.53. The van der Waals surface area contributed by atoms with Crippen LogP contribution in [0.5, 0.6) is 0 Å². The van der Waals surface area contributed by atoms with Crippen molar-refractivity contribution in [3.63, 3.8) is 0 Å². The van der Waals surface area contributed by atoms with Gasteiger partial charge in [-0.3, -0.25) is 9.59 Å². The first-order valence-electron chi connectivity index (χ1n) is 9.63. The van der Waals surface area contributed by atoms with Crippen LogP contribution in [0.15, 0.2) is 30.3 Å². The number of esters is 1. The van der Waals surface area contributed by atoms with Crippen LogP contribution in [0.25, 0.3) is 0 Å². The highest BCUT2D eigenvalue weighted by Crippen LogP contribution is 2.32. The van der Waals surface area contributed by atoms with Crippen molar-refractivity contribution in [1.29, 1.82) is 0 Å². The Balaban J connectivity index is 1.83. The van der Waals surface area contributed by atoms with Gasteiger partial charge in [0.25, 0.3) is 0 Å². The van der Waals surface area contributed by atoms with E-state index in [1.807, 2.05) is 18.2 Å². The van der Waals surface area contributed by atoms with E-state index in [1.165, 1.54) is 13.8 Å². The molecular weight excluding hydrogens is 398 g/mol. The van der Waals surface area contributed by atoms with Gasteiger partial charge in [0.15, 0.2) is 1.41 Å². The third kappa shape index (κ3) is 5.54. The van der Waals surface area contributed by atoms with Crippen LogP contribution in [0.3, 0.4) is 0 Å². The molecule has 0 spiro atoms. The molecule has 2 atom stereocenters. The summed E-state index contributed by atoms with van der Waals surface area (Å²) in [6, 6.07) is 6.83. The van der Waals surface area contributed by atoms with E-state index in [1.54, 1.807) is 26.0 Å². The van der Waals surface area contributed by atoms with Crippen molar-refractivity contribution >= 4 is 27.8 Å². The monoisotopic (exact) mass is 426 g/mol. The predicted molar refractivity (Wildman–Crippen MR) is 106 cm³/mol. The lowest BCUT2D eigenvalue weighted by molar-refractivity contribution is -0.148. The highest BCUT2D eigenvalue weighted by atomic mass is 32.2. The summed E-state index contributed by atoms with van der Waals surface area (Å²) in [5, 5.41) is 2.82. The fourth-order valence-electron chi connectivity index (χ4n) is 2.73. The van der Waals surface area contributed by atoms with Crippen molar-refractivity contribution in [2.24, 2.45) is 0 Å². The van der Waals surface area contributed by atoms with Crippen LogP contribution < -0.4 is 10.6 Å². The molecule has 1 saturated heterocycles. The van der Waals surface area contributed by atoms with Gasteiger partial charge in [0.2, 0.25) is 21.8 Å². The fraction of sp³-hybridized carbons (Fsp3) is 0.526. The Labute approximate surface area is 172 Å². The van der Waals surface area contributed by atoms with Gasteiger partial charge in [-0.05, 0) is 33.3 Å². The van der Waals surface area contributed by atoms with Crippen molar-refractivity contribution in [2.45, 2.75) is 51.1 Å². The van der Waals surface area contributed by atoms with Crippen molar-refractivity contribution < 1.29 is 29.0 Å². The van der Waals surface area contributed by atoms with Crippen LogP contribution in [0.1, 0.15) is 33.3 Å². The third-order valence-electron chi connectivity index (χ3n) is 4.56. The number of carbonyl (C=O) groups excluding carboxylic acids is 3. The highest BCUT2D eigenvalue weighted by molar-refractivity contribution is 7.91. The molecule has 0 saturated carbocycles. The first kappa shape index (κ1) is 21.3. The number of carbonyl (C=O) groups is 3. The number of hydrogen-bond donors (Lipinski definition) is 2. The molecule has 1 aromatic rings. The maximum atomic E-state index is 12.3. The minimum atomic E-state index is -3.59. The number of ether oxygens (including phenoxy) is 1. The Bertz CT molecular complexity index is 906. The van der Waals surface area contributed by atoms with Crippen LogP contribution >= 0.6 is 0 Å². The standard InChI is InChI=1S/C19H27N3O6S/c1-13(20-16(23)10-22-12-19(3,4)29(22,26)27)17(24)21-14(2)18(25)28-11-15-8-6-5-7-9-15/h5-9,13-14H,10-12H2,1-4H3,(H,20,23)(H,21,24)/t13-,14+/m1/s1/i/hD. The molecule has 1 aliphatic heterocycles. The Morgan fingerprint density at radius 2 is 1.83 bits per heavy atom. The second-order valence-electron chi connectivity index (χ2n) is 7.56. The van der Waals surface area contributed by atoms with Gasteiger partial charge in [-0.25, -0.2) is 13.2 Å². The topological polar surface area (TPSA) is 122 Å². The molecule has 160 valence electrons. The van der Waals surface area contributed by atoms with Crippen molar-refractivity contribution in [2.75, 3.05) is 13.1 Å². The Hall–Kier alpha value is -2.46. The molecular formula is C19H27N3O6S. The normalized spacial score (nSPS) is 19.8. The summed E-state index contributed by atoms with van der Waals surface area (Å²) in [5.41, 5.74) is 0.796. The van der Waals surface area contributed by atoms with Crippen molar-refractivity contribution in [1.82, 2.24) is 14.9 Å². The second kappa shape index (κ2) is 8.91. The number of sulfonamides is 1. The molecule has 10 heteroatoms. The summed E-state index contributed by atoms with van der Waals surface area (Å²) in [7, 11) is -3.59. The van der Waals surface area contributed by atoms with Crippen LogP contribution in [0.4, 0.5) is 0 Å². The van der Waals surface area contributed by atoms with E-state index in [0.29, 0.717) is 5.31 Å². The highest BCUT2D eigenvalue weighted by Gasteiger charge is 2.51. The number of nitrogens with zero attached hydrogens (tertiary/aromatic N) is 1. The average Bonchev–Trinajstić information content (AvgIpc) is 2.70. The van der Waals surface area contributed by atoms with Gasteiger partial charge in [-0.2, -0.15) is 4.31 Å². The lowest BCUT2D eigenvalue weighted by Crippen LogP contribution is -2.64. The molecule has 1 aromatic carbocycles. The smallest absolute Gasteiger partial charge is 0.328 e. The zero-order chi connectivity index (χ0) is 22.7. The molecule has 9 nitrogen and oxygen atoms in total. The van der Waals surface area contributed by atoms with Crippen molar-refractivity contribution in [3.05, 3.63) is 35.9 Å². The zero-order valence-electron chi connectivity index (χ0n) is 17.9. The van der Waals surface area contributed by atoms with E-state index in [-0.39, 0.29) is 13.2 Å². The molecule has 29 heavy (non-hydrogen) atoms. The summed E-state index contributed by atoms with van der Waals surface area (Å²) >= 11 is 0. The summed E-state index contributed by atoms with van der Waals surface area (Å²) in [5.74, 6) is -2.22. The van der Waals surface area contributed by atoms with Gasteiger partial charge < -0.3 is 15.4 Å². The number of hydrogen-bond acceptors (Lipinski definition) is 6. The number of rotatable bonds is 8. The summed E-state index contributed by atoms with van der Waals surface area (Å²) in [6.07, 6.45) is 0. The zero-order valence-corrected chi connectivity index (χ0v) is 17.7. The molecule has 1 heterocycles. The van der Waals surface area contributed by atoms with Crippen LogP contribution in [-0.2, 0) is 35.8 Å². The molecule has 2 amide bonds. The molecule has 2 N–H and O–H groups in total. The molecule has 1 aliphatic rings. The predicted octanol–water partition coefficient (Wildman–Crippen LogP) is 0.163. The average molecular weight is 427 g/mol. The van der Waals surface area contributed by atoms with E-state index in [9.17, 15) is 22.8 Å². The fourth-order valence-corrected chi connectivity index (χ4v) is 4.30. The van der Waals surface area contributed by atoms with E-state index < -0.39 is 51.2 Å². The second-order valence-corrected chi connectivity index (χ2v) is 10.1. The largest absolute Gasteiger partial charge is 0.459 e. The summed E-state index contributed by atoms with van der Waals surface area (Å²) in [4.78, 5) is 36.6. The lowest BCUT2D eigenvalue weighted by atomic mass is 10.2. The Morgan fingerprint density at radius 1 is 1.21 bits per heavy atom. The summed E-state index contributed by atoms with van der Waals surface area (Å²) < 4.78 is 37.2. The maximum absolute atomic E-state index is 12.3. The quantitative estimate of drug-likeness (QED) is 0.571. The van der Waals surface area contributed by atoms with E-state index in [4.69, 9.17) is 6.15 Å². The van der Waals surface area contributed by atoms with Gasteiger partial charge in [0.1, 0.15) is 18.7 Å². The Morgan fingerprint density at radius 3 is 2.38 bits per heavy atom. The molecule has 2 rings (SSSR count). The van der Waals surface area contributed by atoms with Gasteiger partial charge >= 0.3 is 5.97 Å². The van der Waals surface area contributed by atoms with Crippen LogP contribution in [0.2, 0.25) is 1.41 Å². The molecule has 1 fully saturated rings. The number of benzene rings is 1. The molecule has 0 aromatic heterocycles. The summed E-state index contributed by atoms with van der Waals surface area (Å²) in [6.45, 7) is 5.56. The molecule has 0 aliphatic carbocycles. The SMILES string of the molecule is [2H]N(C(=O)CN1CC(C)(C)S1(=O)=O)[C@H](C)C(=O)N[C@@H](C)C(=O)OCc1ccccc1. The number of amides is 2.